The van der Waals surface area contributed by atoms with Crippen molar-refractivity contribution in [2.45, 2.75) is 6.42 Å². The second-order valence-electron chi connectivity index (χ2n) is 2.41. The maximum absolute atomic E-state index is 10.9. The summed E-state index contributed by atoms with van der Waals surface area (Å²) >= 11 is 0. The predicted molar refractivity (Wildman–Crippen MR) is 44.3 cm³/mol. The molecule has 1 aromatic heterocycles. The lowest BCUT2D eigenvalue weighted by atomic mass is 10.3. The third-order valence-corrected chi connectivity index (χ3v) is 1.53. The molecule has 0 spiro atoms. The van der Waals surface area contributed by atoms with Crippen LogP contribution < -0.4 is 10.7 Å². The number of rotatable bonds is 3. The van der Waals surface area contributed by atoms with Crippen molar-refractivity contribution in [1.29, 1.82) is 0 Å². The van der Waals surface area contributed by atoms with E-state index in [1.54, 1.807) is 7.05 Å². The Morgan fingerprint density at radius 3 is 3.08 bits per heavy atom. The lowest BCUT2D eigenvalue weighted by Gasteiger charge is -2.00. The summed E-state index contributed by atoms with van der Waals surface area (Å²) in [6.45, 7) is 0.667. The predicted octanol–water partition coefficient (Wildman–Crippen LogP) is 0.107. The number of nitrogens with one attached hydrogen (secondary N) is 1. The van der Waals surface area contributed by atoms with Crippen LogP contribution in [0.2, 0.25) is 0 Å². The fourth-order valence-electron chi connectivity index (χ4n) is 0.866. The van der Waals surface area contributed by atoms with Crippen molar-refractivity contribution < 1.29 is 9.52 Å². The molecular weight excluding hydrogens is 158 g/mol. The van der Waals surface area contributed by atoms with E-state index in [9.17, 15) is 9.90 Å². The van der Waals surface area contributed by atoms with Crippen LogP contribution in [0.5, 0.6) is 5.75 Å². The molecule has 0 saturated heterocycles. The summed E-state index contributed by atoms with van der Waals surface area (Å²) in [7, 11) is 1.79. The van der Waals surface area contributed by atoms with Crippen LogP contribution in [0.3, 0.4) is 0 Å². The molecule has 0 atom stereocenters. The number of aromatic hydroxyl groups is 1. The van der Waals surface area contributed by atoms with Crippen molar-refractivity contribution >= 4 is 0 Å². The Morgan fingerprint density at radius 1 is 1.67 bits per heavy atom. The maximum Gasteiger partial charge on any atom is 0.226 e. The number of hydrogen-bond donors (Lipinski definition) is 2. The molecule has 4 heteroatoms. The molecule has 0 fully saturated rings. The van der Waals surface area contributed by atoms with E-state index in [0.29, 0.717) is 18.7 Å². The minimum atomic E-state index is -0.396. The largest absolute Gasteiger partial charge is 0.502 e. The molecule has 0 unspecified atom stereocenters. The van der Waals surface area contributed by atoms with Gasteiger partial charge < -0.3 is 14.8 Å². The quantitative estimate of drug-likeness (QED) is 0.674. The topological polar surface area (TPSA) is 62.5 Å². The summed E-state index contributed by atoms with van der Waals surface area (Å²) in [5.74, 6) is 0.0459. The van der Waals surface area contributed by atoms with E-state index in [0.717, 1.165) is 0 Å². The van der Waals surface area contributed by atoms with Crippen molar-refractivity contribution in [3.8, 4) is 5.75 Å². The summed E-state index contributed by atoms with van der Waals surface area (Å²) in [5, 5.41) is 12.1. The van der Waals surface area contributed by atoms with E-state index in [2.05, 4.69) is 5.32 Å². The van der Waals surface area contributed by atoms with Gasteiger partial charge in [-0.25, -0.2) is 0 Å². The molecule has 4 nitrogen and oxygen atoms in total. The van der Waals surface area contributed by atoms with E-state index in [-0.39, 0.29) is 5.75 Å². The van der Waals surface area contributed by atoms with Gasteiger partial charge in [-0.2, -0.15) is 0 Å². The van der Waals surface area contributed by atoms with Crippen molar-refractivity contribution in [3.63, 3.8) is 0 Å². The zero-order valence-electron chi connectivity index (χ0n) is 6.83. The van der Waals surface area contributed by atoms with Crippen LogP contribution in [0.4, 0.5) is 0 Å². The highest BCUT2D eigenvalue weighted by Gasteiger charge is 2.05. The third kappa shape index (κ3) is 1.85. The maximum atomic E-state index is 10.9. The van der Waals surface area contributed by atoms with Gasteiger partial charge in [0.25, 0.3) is 0 Å². The van der Waals surface area contributed by atoms with Crippen molar-refractivity contribution in [2.75, 3.05) is 13.6 Å². The van der Waals surface area contributed by atoms with Crippen LogP contribution >= 0.6 is 0 Å². The summed E-state index contributed by atoms with van der Waals surface area (Å²) in [5.41, 5.74) is -0.396. The summed E-state index contributed by atoms with van der Waals surface area (Å²) in [6, 6.07) is 1.19. The monoisotopic (exact) mass is 169 g/mol. The van der Waals surface area contributed by atoms with Gasteiger partial charge in [0.1, 0.15) is 0 Å². The van der Waals surface area contributed by atoms with Gasteiger partial charge >= 0.3 is 0 Å². The number of hydrogen-bond acceptors (Lipinski definition) is 4. The molecule has 0 radical (unpaired) electrons. The third-order valence-electron chi connectivity index (χ3n) is 1.53. The lowest BCUT2D eigenvalue weighted by Crippen LogP contribution is -2.12. The normalized spacial score (nSPS) is 10.1. The Morgan fingerprint density at radius 2 is 2.42 bits per heavy atom. The summed E-state index contributed by atoms with van der Waals surface area (Å²) in [6.07, 6.45) is 1.80. The molecule has 0 amide bonds. The molecule has 0 aliphatic carbocycles. The zero-order valence-corrected chi connectivity index (χ0v) is 6.83. The van der Waals surface area contributed by atoms with Gasteiger partial charge in [0.2, 0.25) is 11.2 Å². The van der Waals surface area contributed by atoms with Crippen LogP contribution in [0.25, 0.3) is 0 Å². The lowest BCUT2D eigenvalue weighted by molar-refractivity contribution is 0.398. The highest BCUT2D eigenvalue weighted by Crippen LogP contribution is 2.09. The molecule has 1 rings (SSSR count). The van der Waals surface area contributed by atoms with Gasteiger partial charge in [-0.05, 0) is 7.05 Å². The van der Waals surface area contributed by atoms with Gasteiger partial charge in [0.05, 0.1) is 6.26 Å². The minimum absolute atomic E-state index is 0.284. The molecule has 66 valence electrons. The molecule has 0 saturated carbocycles. The SMILES string of the molecule is CNCCc1occc(=O)c1O. The average Bonchev–Trinajstić information content (AvgIpc) is 2.08. The first kappa shape index (κ1) is 8.80. The van der Waals surface area contributed by atoms with Crippen molar-refractivity contribution in [2.24, 2.45) is 0 Å². The standard InChI is InChI=1S/C8H11NO3/c1-9-4-2-7-8(11)6(10)3-5-12-7/h3,5,9,11H,2,4H2,1H3. The molecule has 0 aromatic carbocycles. The Bertz CT molecular complexity index is 305. The molecule has 1 aromatic rings. The second-order valence-corrected chi connectivity index (χ2v) is 2.41. The van der Waals surface area contributed by atoms with Crippen LogP contribution in [-0.4, -0.2) is 18.7 Å². The summed E-state index contributed by atoms with van der Waals surface area (Å²) in [4.78, 5) is 10.9. The Balaban J connectivity index is 2.85. The van der Waals surface area contributed by atoms with E-state index in [1.807, 2.05) is 0 Å². The molecular formula is C8H11NO3. The first-order valence-corrected chi connectivity index (χ1v) is 3.70. The van der Waals surface area contributed by atoms with E-state index < -0.39 is 5.43 Å². The molecule has 0 aliphatic heterocycles. The van der Waals surface area contributed by atoms with E-state index in [1.165, 1.54) is 12.3 Å². The van der Waals surface area contributed by atoms with Crippen LogP contribution in [0, 0.1) is 0 Å². The first-order chi connectivity index (χ1) is 5.75. The summed E-state index contributed by atoms with van der Waals surface area (Å²) < 4.78 is 4.95. The van der Waals surface area contributed by atoms with Gasteiger partial charge in [-0.3, -0.25) is 4.79 Å². The van der Waals surface area contributed by atoms with Crippen molar-refractivity contribution in [1.82, 2.24) is 5.32 Å². The smallest absolute Gasteiger partial charge is 0.226 e. The van der Waals surface area contributed by atoms with Crippen LogP contribution in [-0.2, 0) is 6.42 Å². The fourth-order valence-corrected chi connectivity index (χ4v) is 0.866. The Hall–Kier alpha value is -1.29. The average molecular weight is 169 g/mol. The van der Waals surface area contributed by atoms with Gasteiger partial charge in [-0.1, -0.05) is 0 Å². The second kappa shape index (κ2) is 3.92. The van der Waals surface area contributed by atoms with Gasteiger partial charge in [-0.15, -0.1) is 0 Å². The molecule has 2 N–H and O–H groups in total. The highest BCUT2D eigenvalue weighted by molar-refractivity contribution is 5.22. The fraction of sp³-hybridized carbons (Fsp3) is 0.375. The van der Waals surface area contributed by atoms with E-state index >= 15 is 0 Å². The molecule has 1 heterocycles. The Kier molecular flexibility index (Phi) is 2.88. The van der Waals surface area contributed by atoms with E-state index in [4.69, 9.17) is 4.42 Å². The Labute approximate surface area is 69.8 Å². The van der Waals surface area contributed by atoms with Gasteiger partial charge in [0.15, 0.2) is 5.76 Å². The van der Waals surface area contributed by atoms with Crippen LogP contribution in [0.1, 0.15) is 5.76 Å². The molecule has 12 heavy (non-hydrogen) atoms. The first-order valence-electron chi connectivity index (χ1n) is 3.70. The minimum Gasteiger partial charge on any atom is -0.502 e. The number of likely N-dealkylation sites (N-methyl/N-ethyl adjacent to an activating group) is 1. The highest BCUT2D eigenvalue weighted by atomic mass is 16.4. The molecule has 0 bridgehead atoms. The molecule has 0 aliphatic rings. The zero-order chi connectivity index (χ0) is 8.97. The van der Waals surface area contributed by atoms with Crippen molar-refractivity contribution in [3.05, 3.63) is 28.3 Å². The van der Waals surface area contributed by atoms with Crippen LogP contribution in [0.15, 0.2) is 21.5 Å². The van der Waals surface area contributed by atoms with Gasteiger partial charge in [0, 0.05) is 19.0 Å².